The summed E-state index contributed by atoms with van der Waals surface area (Å²) in [4.78, 5) is 0. The number of methoxy groups -OCH3 is 1. The number of aliphatic hydroxyl groups excluding tert-OH is 1. The smallest absolute Gasteiger partial charge is 0.122 e. The Bertz CT molecular complexity index is 400. The summed E-state index contributed by atoms with van der Waals surface area (Å²) >= 11 is 0. The first-order valence-electron chi connectivity index (χ1n) is 6.91. The maximum Gasteiger partial charge on any atom is 0.122 e. The fourth-order valence-electron chi connectivity index (χ4n) is 3.06. The van der Waals surface area contributed by atoms with Crippen LogP contribution in [-0.2, 0) is 6.42 Å². The molecule has 1 aromatic carbocycles. The molecule has 1 saturated carbocycles. The van der Waals surface area contributed by atoms with Crippen LogP contribution in [0, 0.1) is 18.8 Å². The molecule has 18 heavy (non-hydrogen) atoms. The predicted octanol–water partition coefficient (Wildman–Crippen LogP) is 3.34. The van der Waals surface area contributed by atoms with E-state index in [1.807, 2.05) is 12.1 Å². The number of hydrogen-bond donors (Lipinski definition) is 1. The number of aryl methyl sites for hydroxylation is 1. The standard InChI is InChI=1S/C16H24O2/c1-11-4-6-13(8-11)15(17)10-14-9-12(2)5-7-16(14)18-3/h5,7,9,11,13,15,17H,4,6,8,10H2,1-3H3. The van der Waals surface area contributed by atoms with E-state index in [0.717, 1.165) is 30.1 Å². The molecule has 0 aromatic heterocycles. The Balaban J connectivity index is 2.06. The van der Waals surface area contributed by atoms with Crippen molar-refractivity contribution in [3.8, 4) is 5.75 Å². The third-order valence-electron chi connectivity index (χ3n) is 4.14. The van der Waals surface area contributed by atoms with Crippen molar-refractivity contribution in [3.63, 3.8) is 0 Å². The summed E-state index contributed by atoms with van der Waals surface area (Å²) in [7, 11) is 1.69. The second-order valence-electron chi connectivity index (χ2n) is 5.77. The fraction of sp³-hybridized carbons (Fsp3) is 0.625. The van der Waals surface area contributed by atoms with Gasteiger partial charge in [-0.2, -0.15) is 0 Å². The van der Waals surface area contributed by atoms with Crippen LogP contribution in [0.15, 0.2) is 18.2 Å². The van der Waals surface area contributed by atoms with Crippen molar-refractivity contribution in [2.45, 2.75) is 45.6 Å². The molecule has 0 aliphatic heterocycles. The third kappa shape index (κ3) is 3.05. The molecule has 1 aliphatic carbocycles. The topological polar surface area (TPSA) is 29.5 Å². The van der Waals surface area contributed by atoms with Crippen LogP contribution in [0.5, 0.6) is 5.75 Å². The SMILES string of the molecule is COc1ccc(C)cc1CC(O)C1CCC(C)C1. The molecule has 0 radical (unpaired) electrons. The number of aliphatic hydroxyl groups is 1. The monoisotopic (exact) mass is 248 g/mol. The first-order valence-corrected chi connectivity index (χ1v) is 6.91. The zero-order chi connectivity index (χ0) is 13.1. The van der Waals surface area contributed by atoms with Crippen molar-refractivity contribution in [1.82, 2.24) is 0 Å². The van der Waals surface area contributed by atoms with Crippen molar-refractivity contribution in [1.29, 1.82) is 0 Å². The van der Waals surface area contributed by atoms with Gasteiger partial charge in [-0.05, 0) is 43.2 Å². The molecule has 2 heteroatoms. The molecule has 0 heterocycles. The van der Waals surface area contributed by atoms with Gasteiger partial charge in [0, 0.05) is 6.42 Å². The summed E-state index contributed by atoms with van der Waals surface area (Å²) in [6, 6.07) is 6.17. The molecular weight excluding hydrogens is 224 g/mol. The first kappa shape index (κ1) is 13.4. The summed E-state index contributed by atoms with van der Waals surface area (Å²) in [6.45, 7) is 4.35. The molecule has 3 atom stereocenters. The van der Waals surface area contributed by atoms with Gasteiger partial charge in [-0.25, -0.2) is 0 Å². The highest BCUT2D eigenvalue weighted by Crippen LogP contribution is 2.34. The molecule has 100 valence electrons. The molecule has 2 rings (SSSR count). The van der Waals surface area contributed by atoms with Crippen LogP contribution in [0.25, 0.3) is 0 Å². The number of ether oxygens (including phenoxy) is 1. The van der Waals surface area contributed by atoms with Gasteiger partial charge in [-0.1, -0.05) is 31.0 Å². The summed E-state index contributed by atoms with van der Waals surface area (Å²) in [6.07, 6.45) is 4.06. The normalized spacial score (nSPS) is 25.1. The van der Waals surface area contributed by atoms with E-state index in [2.05, 4.69) is 19.9 Å². The molecule has 1 fully saturated rings. The third-order valence-corrected chi connectivity index (χ3v) is 4.14. The van der Waals surface area contributed by atoms with Gasteiger partial charge >= 0.3 is 0 Å². The van der Waals surface area contributed by atoms with E-state index in [1.165, 1.54) is 12.0 Å². The predicted molar refractivity (Wildman–Crippen MR) is 73.9 cm³/mol. The molecule has 1 N–H and O–H groups in total. The summed E-state index contributed by atoms with van der Waals surface area (Å²) in [5.74, 6) is 2.12. The largest absolute Gasteiger partial charge is 0.496 e. The average Bonchev–Trinajstić information content (AvgIpc) is 2.76. The Morgan fingerprint density at radius 2 is 2.17 bits per heavy atom. The molecule has 0 bridgehead atoms. The van der Waals surface area contributed by atoms with Crippen LogP contribution in [0.2, 0.25) is 0 Å². The number of benzene rings is 1. The van der Waals surface area contributed by atoms with Crippen LogP contribution in [0.3, 0.4) is 0 Å². The van der Waals surface area contributed by atoms with E-state index in [4.69, 9.17) is 4.74 Å². The molecule has 1 aliphatic rings. The minimum atomic E-state index is -0.231. The Kier molecular flexibility index (Phi) is 4.28. The molecule has 2 nitrogen and oxygen atoms in total. The van der Waals surface area contributed by atoms with Crippen LogP contribution < -0.4 is 4.74 Å². The van der Waals surface area contributed by atoms with Crippen molar-refractivity contribution in [2.75, 3.05) is 7.11 Å². The van der Waals surface area contributed by atoms with Crippen LogP contribution in [0.4, 0.5) is 0 Å². The Morgan fingerprint density at radius 3 is 2.78 bits per heavy atom. The van der Waals surface area contributed by atoms with E-state index in [-0.39, 0.29) is 6.10 Å². The molecule has 0 amide bonds. The zero-order valence-corrected chi connectivity index (χ0v) is 11.6. The van der Waals surface area contributed by atoms with Gasteiger partial charge < -0.3 is 9.84 Å². The van der Waals surface area contributed by atoms with Crippen LogP contribution in [0.1, 0.15) is 37.3 Å². The molecule has 0 spiro atoms. The van der Waals surface area contributed by atoms with Gasteiger partial charge in [-0.15, -0.1) is 0 Å². The highest BCUT2D eigenvalue weighted by atomic mass is 16.5. The average molecular weight is 248 g/mol. The number of rotatable bonds is 4. The van der Waals surface area contributed by atoms with Crippen molar-refractivity contribution in [3.05, 3.63) is 29.3 Å². The quantitative estimate of drug-likeness (QED) is 0.885. The molecular formula is C16H24O2. The highest BCUT2D eigenvalue weighted by molar-refractivity contribution is 5.37. The van der Waals surface area contributed by atoms with E-state index >= 15 is 0 Å². The lowest BCUT2D eigenvalue weighted by Gasteiger charge is -2.19. The van der Waals surface area contributed by atoms with Crippen molar-refractivity contribution < 1.29 is 9.84 Å². The van der Waals surface area contributed by atoms with Crippen LogP contribution >= 0.6 is 0 Å². The minimum Gasteiger partial charge on any atom is -0.496 e. The maximum absolute atomic E-state index is 10.4. The van der Waals surface area contributed by atoms with Gasteiger partial charge in [0.25, 0.3) is 0 Å². The van der Waals surface area contributed by atoms with Gasteiger partial charge in [-0.3, -0.25) is 0 Å². The lowest BCUT2D eigenvalue weighted by atomic mass is 9.93. The molecule has 3 unspecified atom stereocenters. The van der Waals surface area contributed by atoms with Gasteiger partial charge in [0.1, 0.15) is 5.75 Å². The zero-order valence-electron chi connectivity index (χ0n) is 11.6. The first-order chi connectivity index (χ1) is 8.60. The lowest BCUT2D eigenvalue weighted by molar-refractivity contribution is 0.108. The van der Waals surface area contributed by atoms with Crippen molar-refractivity contribution >= 4 is 0 Å². The second-order valence-corrected chi connectivity index (χ2v) is 5.77. The number of hydrogen-bond acceptors (Lipinski definition) is 2. The van der Waals surface area contributed by atoms with E-state index in [9.17, 15) is 5.11 Å². The molecule has 0 saturated heterocycles. The Morgan fingerprint density at radius 1 is 1.39 bits per heavy atom. The fourth-order valence-corrected chi connectivity index (χ4v) is 3.06. The molecule has 1 aromatic rings. The van der Waals surface area contributed by atoms with Crippen molar-refractivity contribution in [2.24, 2.45) is 11.8 Å². The van der Waals surface area contributed by atoms with E-state index < -0.39 is 0 Å². The van der Waals surface area contributed by atoms with Gasteiger partial charge in [0.15, 0.2) is 0 Å². The summed E-state index contributed by atoms with van der Waals surface area (Å²) < 4.78 is 5.37. The van der Waals surface area contributed by atoms with E-state index in [0.29, 0.717) is 12.3 Å². The van der Waals surface area contributed by atoms with Gasteiger partial charge in [0.05, 0.1) is 13.2 Å². The Hall–Kier alpha value is -1.02. The minimum absolute atomic E-state index is 0.231. The highest BCUT2D eigenvalue weighted by Gasteiger charge is 2.28. The van der Waals surface area contributed by atoms with Crippen LogP contribution in [-0.4, -0.2) is 18.3 Å². The van der Waals surface area contributed by atoms with Gasteiger partial charge in [0.2, 0.25) is 0 Å². The summed E-state index contributed by atoms with van der Waals surface area (Å²) in [5.41, 5.74) is 2.35. The lowest BCUT2D eigenvalue weighted by Crippen LogP contribution is -2.21. The second kappa shape index (κ2) is 5.75. The maximum atomic E-state index is 10.4. The Labute approximate surface area is 110 Å². The van der Waals surface area contributed by atoms with E-state index in [1.54, 1.807) is 7.11 Å². The summed E-state index contributed by atoms with van der Waals surface area (Å²) in [5, 5.41) is 10.4.